The predicted molar refractivity (Wildman–Crippen MR) is 118 cm³/mol. The number of para-hydroxylation sites is 2. The molecule has 2 aliphatic heterocycles. The summed E-state index contributed by atoms with van der Waals surface area (Å²) in [7, 11) is 0. The number of piperidine rings is 1. The Balaban J connectivity index is 1.08. The lowest BCUT2D eigenvalue weighted by molar-refractivity contribution is 0.0485. The Kier molecular flexibility index (Phi) is 5.29. The number of aromatic nitrogens is 1. The van der Waals surface area contributed by atoms with Crippen LogP contribution in [0.2, 0.25) is 0 Å². The summed E-state index contributed by atoms with van der Waals surface area (Å²) in [6.07, 6.45) is 2.54. The molecule has 0 spiro atoms. The van der Waals surface area contributed by atoms with E-state index < -0.39 is 0 Å². The molecule has 3 aromatic rings. The number of benzene rings is 2. The molecule has 152 valence electrons. The van der Waals surface area contributed by atoms with Crippen LogP contribution in [-0.4, -0.2) is 48.8 Å². The van der Waals surface area contributed by atoms with Gasteiger partial charge in [0.15, 0.2) is 16.6 Å². The van der Waals surface area contributed by atoms with Crippen molar-refractivity contribution in [3.05, 3.63) is 48.0 Å². The molecule has 1 aromatic heterocycles. The summed E-state index contributed by atoms with van der Waals surface area (Å²) in [6.45, 7) is 6.94. The van der Waals surface area contributed by atoms with Gasteiger partial charge in [0.1, 0.15) is 12.7 Å². The van der Waals surface area contributed by atoms with Crippen molar-refractivity contribution in [2.24, 2.45) is 5.92 Å². The molecule has 2 aliphatic rings. The summed E-state index contributed by atoms with van der Waals surface area (Å²) in [5, 5.41) is 4.62. The van der Waals surface area contributed by atoms with Crippen molar-refractivity contribution in [1.82, 2.24) is 9.88 Å². The van der Waals surface area contributed by atoms with Crippen molar-refractivity contribution >= 4 is 26.7 Å². The number of thiazole rings is 1. The largest absolute Gasteiger partial charge is 0.486 e. The van der Waals surface area contributed by atoms with Crippen LogP contribution in [-0.2, 0) is 0 Å². The van der Waals surface area contributed by atoms with Gasteiger partial charge in [-0.1, -0.05) is 29.5 Å². The third kappa shape index (κ3) is 4.33. The molecular weight excluding hydrogens is 382 g/mol. The van der Waals surface area contributed by atoms with Crippen molar-refractivity contribution in [3.8, 4) is 11.5 Å². The zero-order chi connectivity index (χ0) is 19.6. The van der Waals surface area contributed by atoms with E-state index >= 15 is 0 Å². The summed E-state index contributed by atoms with van der Waals surface area (Å²) in [4.78, 5) is 7.23. The first kappa shape index (κ1) is 18.7. The van der Waals surface area contributed by atoms with Crippen LogP contribution in [0, 0.1) is 12.8 Å². The predicted octanol–water partition coefficient (Wildman–Crippen LogP) is 4.57. The molecule has 0 bridgehead atoms. The Bertz CT molecular complexity index is 981. The average molecular weight is 410 g/mol. The molecule has 0 amide bonds. The summed E-state index contributed by atoms with van der Waals surface area (Å²) in [6, 6.07) is 14.4. The van der Waals surface area contributed by atoms with E-state index in [1.165, 1.54) is 23.1 Å². The number of likely N-dealkylation sites (tertiary alicyclic amines) is 1. The summed E-state index contributed by atoms with van der Waals surface area (Å²) < 4.78 is 13.2. The lowest BCUT2D eigenvalue weighted by atomic mass is 9.96. The fraction of sp³-hybridized carbons (Fsp3) is 0.435. The fourth-order valence-electron chi connectivity index (χ4n) is 4.15. The molecule has 5 rings (SSSR count). The number of hydrogen-bond donors (Lipinski definition) is 1. The Morgan fingerprint density at radius 1 is 1.14 bits per heavy atom. The molecule has 0 aliphatic carbocycles. The van der Waals surface area contributed by atoms with E-state index in [2.05, 4.69) is 35.3 Å². The van der Waals surface area contributed by atoms with Crippen LogP contribution in [0.25, 0.3) is 10.2 Å². The van der Waals surface area contributed by atoms with Crippen LogP contribution >= 0.6 is 11.3 Å². The molecule has 1 fully saturated rings. The molecule has 1 atom stereocenters. The van der Waals surface area contributed by atoms with Gasteiger partial charge in [-0.15, -0.1) is 0 Å². The number of nitrogens with one attached hydrogen (secondary N) is 1. The number of nitrogens with zero attached hydrogens (tertiary/aromatic N) is 2. The second kappa shape index (κ2) is 8.20. The monoisotopic (exact) mass is 409 g/mol. The number of aryl methyl sites for hydroxylation is 1. The van der Waals surface area contributed by atoms with Gasteiger partial charge in [-0.25, -0.2) is 4.98 Å². The number of fused-ring (bicyclic) bond motifs is 2. The average Bonchev–Trinajstić information content (AvgIpc) is 3.15. The molecule has 0 saturated carbocycles. The maximum absolute atomic E-state index is 6.12. The van der Waals surface area contributed by atoms with Crippen LogP contribution < -0.4 is 14.8 Å². The number of hydrogen-bond acceptors (Lipinski definition) is 6. The van der Waals surface area contributed by atoms with E-state index in [4.69, 9.17) is 14.5 Å². The third-order valence-electron chi connectivity index (χ3n) is 5.82. The molecule has 3 heterocycles. The molecule has 1 saturated heterocycles. The highest BCUT2D eigenvalue weighted by Gasteiger charge is 2.26. The standard InChI is InChI=1S/C23H27N3O2S/c1-16-6-7-19-22(12-16)29-23(25-19)24-13-17-8-10-26(11-9-17)14-18-15-27-20-4-2-3-5-21(20)28-18/h2-7,12,17-18H,8-11,13-15H2,1H3,(H,24,25). The Morgan fingerprint density at radius 3 is 2.83 bits per heavy atom. The molecule has 29 heavy (non-hydrogen) atoms. The van der Waals surface area contributed by atoms with Crippen LogP contribution in [0.4, 0.5) is 5.13 Å². The lowest BCUT2D eigenvalue weighted by Crippen LogP contribution is -2.44. The smallest absolute Gasteiger partial charge is 0.183 e. The first-order chi connectivity index (χ1) is 14.2. The first-order valence-electron chi connectivity index (χ1n) is 10.4. The van der Waals surface area contributed by atoms with Gasteiger partial charge >= 0.3 is 0 Å². The zero-order valence-electron chi connectivity index (χ0n) is 16.8. The number of rotatable bonds is 5. The molecule has 2 aromatic carbocycles. The van der Waals surface area contributed by atoms with Crippen LogP contribution in [0.3, 0.4) is 0 Å². The number of ether oxygens (including phenoxy) is 2. The van der Waals surface area contributed by atoms with E-state index in [1.54, 1.807) is 11.3 Å². The van der Waals surface area contributed by atoms with Gasteiger partial charge in [-0.3, -0.25) is 4.90 Å². The second-order valence-corrected chi connectivity index (χ2v) is 9.14. The maximum Gasteiger partial charge on any atom is 0.183 e. The highest BCUT2D eigenvalue weighted by atomic mass is 32.1. The number of anilines is 1. The van der Waals surface area contributed by atoms with Gasteiger partial charge in [-0.2, -0.15) is 0 Å². The quantitative estimate of drug-likeness (QED) is 0.669. The third-order valence-corrected chi connectivity index (χ3v) is 6.80. The summed E-state index contributed by atoms with van der Waals surface area (Å²) >= 11 is 1.76. The van der Waals surface area contributed by atoms with Gasteiger partial charge in [0.2, 0.25) is 0 Å². The normalized spacial score (nSPS) is 20.1. The van der Waals surface area contributed by atoms with Gasteiger partial charge in [0, 0.05) is 13.1 Å². The van der Waals surface area contributed by atoms with E-state index in [1.807, 2.05) is 24.3 Å². The Hall–Kier alpha value is -2.31. The zero-order valence-corrected chi connectivity index (χ0v) is 17.6. The van der Waals surface area contributed by atoms with Crippen molar-refractivity contribution < 1.29 is 9.47 Å². The van der Waals surface area contributed by atoms with Gasteiger partial charge < -0.3 is 14.8 Å². The lowest BCUT2D eigenvalue weighted by Gasteiger charge is -2.35. The highest BCUT2D eigenvalue weighted by molar-refractivity contribution is 7.22. The first-order valence-corrected chi connectivity index (χ1v) is 11.3. The van der Waals surface area contributed by atoms with E-state index in [0.717, 1.165) is 48.3 Å². The highest BCUT2D eigenvalue weighted by Crippen LogP contribution is 2.31. The molecule has 0 radical (unpaired) electrons. The van der Waals surface area contributed by atoms with Gasteiger partial charge in [0.25, 0.3) is 0 Å². The van der Waals surface area contributed by atoms with Gasteiger partial charge in [-0.05, 0) is 68.6 Å². The van der Waals surface area contributed by atoms with Crippen LogP contribution in [0.15, 0.2) is 42.5 Å². The second-order valence-electron chi connectivity index (χ2n) is 8.11. The van der Waals surface area contributed by atoms with Crippen LogP contribution in [0.1, 0.15) is 18.4 Å². The van der Waals surface area contributed by atoms with Crippen molar-refractivity contribution in [2.45, 2.75) is 25.9 Å². The van der Waals surface area contributed by atoms with Gasteiger partial charge in [0.05, 0.1) is 10.2 Å². The minimum Gasteiger partial charge on any atom is -0.486 e. The van der Waals surface area contributed by atoms with E-state index in [-0.39, 0.29) is 6.10 Å². The van der Waals surface area contributed by atoms with Crippen molar-refractivity contribution in [3.63, 3.8) is 0 Å². The summed E-state index contributed by atoms with van der Waals surface area (Å²) in [5.74, 6) is 2.43. The molecular formula is C23H27N3O2S. The fourth-order valence-corrected chi connectivity index (χ4v) is 5.12. The van der Waals surface area contributed by atoms with Crippen molar-refractivity contribution in [2.75, 3.05) is 38.1 Å². The topological polar surface area (TPSA) is 46.6 Å². The van der Waals surface area contributed by atoms with Crippen LogP contribution in [0.5, 0.6) is 11.5 Å². The SMILES string of the molecule is Cc1ccc2nc(NCC3CCN(CC4COc5ccccc5O4)CC3)sc2c1. The minimum absolute atomic E-state index is 0.116. The van der Waals surface area contributed by atoms with E-state index in [9.17, 15) is 0 Å². The Labute approximate surface area is 175 Å². The summed E-state index contributed by atoms with van der Waals surface area (Å²) in [5.41, 5.74) is 2.38. The minimum atomic E-state index is 0.116. The molecule has 1 N–H and O–H groups in total. The molecule has 6 heteroatoms. The molecule has 1 unspecified atom stereocenters. The Morgan fingerprint density at radius 2 is 1.97 bits per heavy atom. The van der Waals surface area contributed by atoms with E-state index in [0.29, 0.717) is 12.5 Å². The maximum atomic E-state index is 6.12. The molecule has 5 nitrogen and oxygen atoms in total. The van der Waals surface area contributed by atoms with Crippen molar-refractivity contribution in [1.29, 1.82) is 0 Å².